The summed E-state index contributed by atoms with van der Waals surface area (Å²) < 4.78 is 41.9. The largest absolute Gasteiger partial charge is 0.573 e. The predicted octanol–water partition coefficient (Wildman–Crippen LogP) is 7.29. The summed E-state index contributed by atoms with van der Waals surface area (Å²) in [4.78, 5) is 17.4. The number of aryl methyl sites for hydroxylation is 1. The van der Waals surface area contributed by atoms with Gasteiger partial charge in [0.25, 0.3) is 5.91 Å². The van der Waals surface area contributed by atoms with Gasteiger partial charge in [-0.3, -0.25) is 4.79 Å². The topological polar surface area (TPSA) is 44.8 Å². The monoisotopic (exact) mass is 579 g/mol. The van der Waals surface area contributed by atoms with Crippen LogP contribution in [0.3, 0.4) is 0 Å². The van der Waals surface area contributed by atoms with E-state index in [2.05, 4.69) is 38.2 Å². The number of carbonyl (C=O) groups excluding carboxylic acids is 1. The molecule has 1 N–H and O–H groups in total. The number of halogens is 4. The second-order valence-electron chi connectivity index (χ2n) is 9.89. The number of rotatable bonds is 10. The Morgan fingerprint density at radius 1 is 1.18 bits per heavy atom. The highest BCUT2D eigenvalue weighted by Gasteiger charge is 2.31. The lowest BCUT2D eigenvalue weighted by Gasteiger charge is -2.42. The third kappa shape index (κ3) is 8.13. The van der Waals surface area contributed by atoms with Crippen LogP contribution in [0.4, 0.5) is 18.9 Å². The molecular formula is C29H33ClF3N3O2S. The Hall–Kier alpha value is -2.75. The van der Waals surface area contributed by atoms with Gasteiger partial charge in [-0.25, -0.2) is 0 Å². The summed E-state index contributed by atoms with van der Waals surface area (Å²) in [5, 5.41) is 7.59. The van der Waals surface area contributed by atoms with Gasteiger partial charge in [-0.15, -0.1) is 13.2 Å². The first-order valence-corrected chi connectivity index (χ1v) is 14.3. The molecule has 210 valence electrons. The van der Waals surface area contributed by atoms with Gasteiger partial charge >= 0.3 is 6.36 Å². The minimum Gasteiger partial charge on any atom is -0.406 e. The molecular weight excluding hydrogens is 547 g/mol. The van der Waals surface area contributed by atoms with Crippen LogP contribution in [-0.4, -0.2) is 48.9 Å². The number of hydrogen-bond acceptors (Lipinski definition) is 5. The molecule has 0 saturated carbocycles. The number of nitrogens with zero attached hydrogens (tertiary/aromatic N) is 2. The van der Waals surface area contributed by atoms with E-state index in [1.165, 1.54) is 17.7 Å². The van der Waals surface area contributed by atoms with E-state index < -0.39 is 6.36 Å². The SMILES string of the molecule is Cc1cccc(Cl)c1C(=O)NCC[C@@H](C)N1CCC(N(Cc2ccsc2)c2ccc(OC(F)(F)F)cc2)CC1. The van der Waals surface area contributed by atoms with Crippen LogP contribution in [0.1, 0.15) is 47.7 Å². The number of nitrogens with one attached hydrogen (secondary N) is 1. The zero-order valence-corrected chi connectivity index (χ0v) is 23.6. The van der Waals surface area contributed by atoms with Crippen LogP contribution in [0, 0.1) is 6.92 Å². The van der Waals surface area contributed by atoms with Crippen molar-refractivity contribution in [1.82, 2.24) is 10.2 Å². The Labute approximate surface area is 236 Å². The molecule has 2 heterocycles. The predicted molar refractivity (Wildman–Crippen MR) is 151 cm³/mol. The first-order valence-electron chi connectivity index (χ1n) is 13.0. The van der Waals surface area contributed by atoms with Crippen LogP contribution in [0.15, 0.2) is 59.3 Å². The average Bonchev–Trinajstić information content (AvgIpc) is 3.40. The Kier molecular flexibility index (Phi) is 9.80. The molecule has 0 radical (unpaired) electrons. The first-order chi connectivity index (χ1) is 18.6. The fraction of sp³-hybridized carbons (Fsp3) is 0.414. The lowest BCUT2D eigenvalue weighted by molar-refractivity contribution is -0.274. The molecule has 1 saturated heterocycles. The third-order valence-electron chi connectivity index (χ3n) is 7.19. The number of anilines is 1. The Morgan fingerprint density at radius 2 is 1.90 bits per heavy atom. The van der Waals surface area contributed by atoms with Gasteiger partial charge in [0, 0.05) is 44.0 Å². The van der Waals surface area contributed by atoms with Crippen molar-refractivity contribution < 1.29 is 22.7 Å². The molecule has 5 nitrogen and oxygen atoms in total. The van der Waals surface area contributed by atoms with Gasteiger partial charge in [0.05, 0.1) is 10.6 Å². The third-order valence-corrected chi connectivity index (χ3v) is 8.24. The maximum atomic E-state index is 12.6. The molecule has 3 aromatic rings. The minimum absolute atomic E-state index is 0.153. The highest BCUT2D eigenvalue weighted by Crippen LogP contribution is 2.30. The fourth-order valence-electron chi connectivity index (χ4n) is 5.07. The number of carbonyl (C=O) groups is 1. The highest BCUT2D eigenvalue weighted by molar-refractivity contribution is 7.07. The number of alkyl halides is 3. The van der Waals surface area contributed by atoms with Gasteiger partial charge in [0.2, 0.25) is 0 Å². The van der Waals surface area contributed by atoms with Crippen LogP contribution < -0.4 is 15.0 Å². The van der Waals surface area contributed by atoms with Gasteiger partial charge < -0.3 is 19.9 Å². The molecule has 4 rings (SSSR count). The summed E-state index contributed by atoms with van der Waals surface area (Å²) in [5.41, 5.74) is 3.43. The molecule has 2 aromatic carbocycles. The van der Waals surface area contributed by atoms with E-state index in [9.17, 15) is 18.0 Å². The van der Waals surface area contributed by atoms with Crippen molar-refractivity contribution in [1.29, 1.82) is 0 Å². The molecule has 1 aliphatic rings. The maximum Gasteiger partial charge on any atom is 0.573 e. The van der Waals surface area contributed by atoms with Crippen molar-refractivity contribution >= 4 is 34.5 Å². The highest BCUT2D eigenvalue weighted by atomic mass is 35.5. The fourth-order valence-corrected chi connectivity index (χ4v) is 6.04. The van der Waals surface area contributed by atoms with Gasteiger partial charge in [-0.1, -0.05) is 23.7 Å². The molecule has 1 aliphatic heterocycles. The standard InChI is InChI=1S/C29H33ClF3N3O2S/c1-20-4-3-5-26(30)27(20)28(37)34-14-10-21(2)35-15-11-24(12-16-35)36(18-22-13-17-39-19-22)23-6-8-25(9-7-23)38-29(31,32)33/h3-9,13,17,19,21,24H,10-12,14-16,18H2,1-2H3,(H,34,37)/t21-/m1/s1. The van der Waals surface area contributed by atoms with Gasteiger partial charge in [0.15, 0.2) is 0 Å². The van der Waals surface area contributed by atoms with Gasteiger partial charge in [0.1, 0.15) is 5.75 Å². The molecule has 0 aliphatic carbocycles. The molecule has 1 fully saturated rings. The first kappa shape index (κ1) is 29.2. The molecule has 0 bridgehead atoms. The zero-order chi connectivity index (χ0) is 28.0. The molecule has 1 aromatic heterocycles. The van der Waals surface area contributed by atoms with Crippen molar-refractivity contribution in [2.24, 2.45) is 0 Å². The van der Waals surface area contributed by atoms with Crippen molar-refractivity contribution in [2.45, 2.75) is 58.1 Å². The smallest absolute Gasteiger partial charge is 0.406 e. The van der Waals surface area contributed by atoms with Crippen LogP contribution in [-0.2, 0) is 6.54 Å². The van der Waals surface area contributed by atoms with Crippen LogP contribution in [0.5, 0.6) is 5.75 Å². The lowest BCUT2D eigenvalue weighted by atomic mass is 9.99. The van der Waals surface area contributed by atoms with E-state index in [0.717, 1.165) is 43.6 Å². The summed E-state index contributed by atoms with van der Waals surface area (Å²) in [6.45, 7) is 7.10. The molecule has 1 atom stereocenters. The number of benzene rings is 2. The van der Waals surface area contributed by atoms with Crippen molar-refractivity contribution in [2.75, 3.05) is 24.5 Å². The molecule has 39 heavy (non-hydrogen) atoms. The zero-order valence-electron chi connectivity index (χ0n) is 22.0. The van der Waals surface area contributed by atoms with E-state index in [0.29, 0.717) is 29.7 Å². The van der Waals surface area contributed by atoms with E-state index in [1.807, 2.05) is 24.4 Å². The summed E-state index contributed by atoms with van der Waals surface area (Å²) >= 11 is 7.85. The van der Waals surface area contributed by atoms with Crippen LogP contribution in [0.2, 0.25) is 5.02 Å². The van der Waals surface area contributed by atoms with Crippen molar-refractivity contribution in [3.05, 3.63) is 81.0 Å². The number of amides is 1. The second kappa shape index (κ2) is 13.1. The normalized spacial score (nSPS) is 15.6. The molecule has 10 heteroatoms. The number of ether oxygens (including phenoxy) is 1. The lowest BCUT2D eigenvalue weighted by Crippen LogP contribution is -2.48. The number of thiophene rings is 1. The average molecular weight is 580 g/mol. The maximum absolute atomic E-state index is 12.6. The molecule has 0 unspecified atom stereocenters. The Balaban J connectivity index is 1.32. The summed E-state index contributed by atoms with van der Waals surface area (Å²) in [6, 6.07) is 14.2. The quantitative estimate of drug-likeness (QED) is 0.274. The van der Waals surface area contributed by atoms with E-state index in [1.54, 1.807) is 29.5 Å². The number of likely N-dealkylation sites (tertiary alicyclic amines) is 1. The summed E-state index contributed by atoms with van der Waals surface area (Å²) in [7, 11) is 0. The summed E-state index contributed by atoms with van der Waals surface area (Å²) in [5.74, 6) is -0.373. The minimum atomic E-state index is -4.71. The van der Waals surface area contributed by atoms with E-state index in [4.69, 9.17) is 11.6 Å². The molecule has 0 spiro atoms. The van der Waals surface area contributed by atoms with E-state index in [-0.39, 0.29) is 17.7 Å². The molecule has 1 amide bonds. The summed E-state index contributed by atoms with van der Waals surface area (Å²) in [6.07, 6.45) is -2.03. The van der Waals surface area contributed by atoms with Crippen LogP contribution in [0.25, 0.3) is 0 Å². The van der Waals surface area contributed by atoms with Gasteiger partial charge in [-0.05, 0) is 91.4 Å². The van der Waals surface area contributed by atoms with Crippen molar-refractivity contribution in [3.8, 4) is 5.75 Å². The van der Waals surface area contributed by atoms with Crippen LogP contribution >= 0.6 is 22.9 Å². The van der Waals surface area contributed by atoms with E-state index >= 15 is 0 Å². The second-order valence-corrected chi connectivity index (χ2v) is 11.1. The van der Waals surface area contributed by atoms with Gasteiger partial charge in [-0.2, -0.15) is 11.3 Å². The number of hydrogen-bond donors (Lipinski definition) is 1. The number of piperidine rings is 1. The van der Waals surface area contributed by atoms with Crippen molar-refractivity contribution in [3.63, 3.8) is 0 Å². The Morgan fingerprint density at radius 3 is 2.51 bits per heavy atom. The Bertz CT molecular complexity index is 1190.